The number of pyridine rings is 1. The van der Waals surface area contributed by atoms with Crippen molar-refractivity contribution in [2.75, 3.05) is 6.61 Å². The van der Waals surface area contributed by atoms with Crippen molar-refractivity contribution in [2.24, 2.45) is 0 Å². The number of ether oxygens (including phenoxy) is 3. The molecule has 7 heteroatoms. The van der Waals surface area contributed by atoms with Gasteiger partial charge in [-0.1, -0.05) is 23.2 Å². The fourth-order valence-corrected chi connectivity index (χ4v) is 2.72. The molecular formula is C20H17Cl2NO4. The van der Waals surface area contributed by atoms with Gasteiger partial charge in [-0.3, -0.25) is 4.98 Å². The summed E-state index contributed by atoms with van der Waals surface area (Å²) < 4.78 is 16.3. The normalized spacial score (nSPS) is 11.9. The average Bonchev–Trinajstić information content (AvgIpc) is 2.64. The van der Waals surface area contributed by atoms with Crippen LogP contribution < -0.4 is 9.47 Å². The van der Waals surface area contributed by atoms with Crippen molar-refractivity contribution in [1.29, 1.82) is 0 Å². The molecular weight excluding hydrogens is 389 g/mol. The van der Waals surface area contributed by atoms with E-state index in [-0.39, 0.29) is 0 Å². The Morgan fingerprint density at radius 1 is 1.04 bits per heavy atom. The van der Waals surface area contributed by atoms with Crippen LogP contribution in [-0.2, 0) is 9.53 Å². The summed E-state index contributed by atoms with van der Waals surface area (Å²) in [6.07, 6.45) is 0.928. The first-order valence-electron chi connectivity index (χ1n) is 8.32. The highest BCUT2D eigenvalue weighted by atomic mass is 35.5. The monoisotopic (exact) mass is 405 g/mol. The van der Waals surface area contributed by atoms with Gasteiger partial charge in [0, 0.05) is 5.39 Å². The first-order valence-corrected chi connectivity index (χ1v) is 9.08. The molecule has 1 heterocycles. The molecule has 0 spiro atoms. The summed E-state index contributed by atoms with van der Waals surface area (Å²) in [4.78, 5) is 15.9. The van der Waals surface area contributed by atoms with Crippen LogP contribution in [0.25, 0.3) is 10.9 Å². The molecule has 0 aliphatic carbocycles. The third-order valence-corrected chi connectivity index (χ3v) is 4.41. The van der Waals surface area contributed by atoms with E-state index in [0.29, 0.717) is 33.9 Å². The molecule has 1 unspecified atom stereocenters. The van der Waals surface area contributed by atoms with Gasteiger partial charge >= 0.3 is 5.97 Å². The number of benzene rings is 2. The number of hydrogen-bond acceptors (Lipinski definition) is 5. The van der Waals surface area contributed by atoms with E-state index in [0.717, 1.165) is 10.9 Å². The summed E-state index contributed by atoms with van der Waals surface area (Å²) >= 11 is 12.1. The number of nitrogens with zero attached hydrogens (tertiary/aromatic N) is 1. The molecule has 27 heavy (non-hydrogen) atoms. The minimum absolute atomic E-state index is 0.316. The molecule has 0 aliphatic heterocycles. The van der Waals surface area contributed by atoms with Crippen molar-refractivity contribution >= 4 is 40.1 Å². The number of fused-ring (bicyclic) bond motifs is 1. The summed E-state index contributed by atoms with van der Waals surface area (Å²) in [5.41, 5.74) is 0.730. The average molecular weight is 406 g/mol. The number of halogens is 2. The molecule has 3 aromatic rings. The molecule has 1 aromatic heterocycles. The van der Waals surface area contributed by atoms with Crippen molar-refractivity contribution in [2.45, 2.75) is 20.0 Å². The summed E-state index contributed by atoms with van der Waals surface area (Å²) in [5.74, 6) is 1.31. The van der Waals surface area contributed by atoms with Crippen LogP contribution in [0.4, 0.5) is 0 Å². The van der Waals surface area contributed by atoms with Crippen molar-refractivity contribution in [1.82, 2.24) is 4.98 Å². The number of hydrogen-bond donors (Lipinski definition) is 0. The highest BCUT2D eigenvalue weighted by molar-refractivity contribution is 6.42. The Balaban J connectivity index is 1.70. The molecule has 0 amide bonds. The standard InChI is InChI=1S/C20H17Cl2NO4/c1-3-25-20(24)12(2)26-14-4-6-15(7-5-14)27-16-8-13-9-17(21)18(22)10-19(13)23-11-16/h4-12H,3H2,1-2H3. The quantitative estimate of drug-likeness (QED) is 0.494. The van der Waals surface area contributed by atoms with Gasteiger partial charge in [0.2, 0.25) is 0 Å². The number of aromatic nitrogens is 1. The summed E-state index contributed by atoms with van der Waals surface area (Å²) in [5, 5.41) is 1.74. The Morgan fingerprint density at radius 3 is 2.41 bits per heavy atom. The zero-order valence-electron chi connectivity index (χ0n) is 14.7. The van der Waals surface area contributed by atoms with Crippen LogP contribution >= 0.6 is 23.2 Å². The Bertz CT molecular complexity index is 960. The predicted molar refractivity (Wildman–Crippen MR) is 105 cm³/mol. The Labute approximate surface area is 166 Å². The Hall–Kier alpha value is -2.50. The van der Waals surface area contributed by atoms with Gasteiger partial charge in [-0.05, 0) is 56.3 Å². The predicted octanol–water partition coefficient (Wildman–Crippen LogP) is 5.66. The summed E-state index contributed by atoms with van der Waals surface area (Å²) in [7, 11) is 0. The van der Waals surface area contributed by atoms with E-state index in [4.69, 9.17) is 37.4 Å². The second-order valence-electron chi connectivity index (χ2n) is 5.72. The number of carbonyl (C=O) groups is 1. The van der Waals surface area contributed by atoms with E-state index in [1.54, 1.807) is 56.4 Å². The lowest BCUT2D eigenvalue weighted by Gasteiger charge is -2.13. The zero-order chi connectivity index (χ0) is 19.4. The number of esters is 1. The molecule has 2 aromatic carbocycles. The van der Waals surface area contributed by atoms with Gasteiger partial charge in [-0.15, -0.1) is 0 Å². The third kappa shape index (κ3) is 4.81. The highest BCUT2D eigenvalue weighted by Crippen LogP contribution is 2.30. The van der Waals surface area contributed by atoms with E-state index in [1.807, 2.05) is 6.07 Å². The second-order valence-corrected chi connectivity index (χ2v) is 6.53. The van der Waals surface area contributed by atoms with Crippen LogP contribution in [-0.4, -0.2) is 23.7 Å². The van der Waals surface area contributed by atoms with Crippen LogP contribution in [0.5, 0.6) is 17.2 Å². The molecule has 0 aliphatic rings. The Kier molecular flexibility index (Phi) is 6.04. The van der Waals surface area contributed by atoms with Crippen molar-refractivity contribution in [3.05, 3.63) is 58.7 Å². The number of rotatable bonds is 6. The topological polar surface area (TPSA) is 57.7 Å². The molecule has 0 bridgehead atoms. The first kappa shape index (κ1) is 19.3. The van der Waals surface area contributed by atoms with Crippen LogP contribution in [0.1, 0.15) is 13.8 Å². The zero-order valence-corrected chi connectivity index (χ0v) is 16.3. The lowest BCUT2D eigenvalue weighted by molar-refractivity contribution is -0.150. The maximum atomic E-state index is 11.6. The molecule has 3 rings (SSSR count). The van der Waals surface area contributed by atoms with E-state index in [9.17, 15) is 4.79 Å². The maximum absolute atomic E-state index is 11.6. The van der Waals surface area contributed by atoms with Crippen molar-refractivity contribution in [3.63, 3.8) is 0 Å². The lowest BCUT2D eigenvalue weighted by Crippen LogP contribution is -2.25. The largest absolute Gasteiger partial charge is 0.479 e. The van der Waals surface area contributed by atoms with E-state index >= 15 is 0 Å². The summed E-state index contributed by atoms with van der Waals surface area (Å²) in [6, 6.07) is 12.2. The minimum atomic E-state index is -0.682. The van der Waals surface area contributed by atoms with Gasteiger partial charge < -0.3 is 14.2 Å². The van der Waals surface area contributed by atoms with Crippen molar-refractivity contribution < 1.29 is 19.0 Å². The molecule has 1 atom stereocenters. The molecule has 0 saturated heterocycles. The van der Waals surface area contributed by atoms with Gasteiger partial charge in [0.25, 0.3) is 0 Å². The molecule has 0 N–H and O–H groups in total. The van der Waals surface area contributed by atoms with E-state index in [2.05, 4.69) is 4.98 Å². The smallest absolute Gasteiger partial charge is 0.347 e. The van der Waals surface area contributed by atoms with E-state index in [1.165, 1.54) is 0 Å². The molecule has 0 radical (unpaired) electrons. The lowest BCUT2D eigenvalue weighted by atomic mass is 10.2. The minimum Gasteiger partial charge on any atom is -0.479 e. The molecule has 5 nitrogen and oxygen atoms in total. The fraction of sp³-hybridized carbons (Fsp3) is 0.200. The van der Waals surface area contributed by atoms with Gasteiger partial charge in [0.05, 0.1) is 28.4 Å². The van der Waals surface area contributed by atoms with Crippen molar-refractivity contribution in [3.8, 4) is 17.2 Å². The van der Waals surface area contributed by atoms with Crippen LogP contribution in [0.3, 0.4) is 0 Å². The number of carbonyl (C=O) groups excluding carboxylic acids is 1. The van der Waals surface area contributed by atoms with Gasteiger partial charge in [-0.25, -0.2) is 4.79 Å². The van der Waals surface area contributed by atoms with Crippen LogP contribution in [0.2, 0.25) is 10.0 Å². The van der Waals surface area contributed by atoms with Crippen LogP contribution in [0, 0.1) is 0 Å². The summed E-state index contributed by atoms with van der Waals surface area (Å²) in [6.45, 7) is 3.71. The SMILES string of the molecule is CCOC(=O)C(C)Oc1ccc(Oc2cnc3cc(Cl)c(Cl)cc3c2)cc1. The molecule has 0 fully saturated rings. The Morgan fingerprint density at radius 2 is 1.70 bits per heavy atom. The second kappa shape index (κ2) is 8.46. The fourth-order valence-electron chi connectivity index (χ4n) is 2.39. The van der Waals surface area contributed by atoms with Gasteiger partial charge in [0.15, 0.2) is 6.10 Å². The maximum Gasteiger partial charge on any atom is 0.347 e. The third-order valence-electron chi connectivity index (χ3n) is 3.69. The van der Waals surface area contributed by atoms with Crippen LogP contribution in [0.15, 0.2) is 48.7 Å². The molecule has 0 saturated carbocycles. The highest BCUT2D eigenvalue weighted by Gasteiger charge is 2.15. The van der Waals surface area contributed by atoms with E-state index < -0.39 is 12.1 Å². The van der Waals surface area contributed by atoms with Gasteiger partial charge in [-0.2, -0.15) is 0 Å². The van der Waals surface area contributed by atoms with Gasteiger partial charge in [0.1, 0.15) is 17.2 Å². The first-order chi connectivity index (χ1) is 13.0. The molecule has 140 valence electrons.